The molecule has 0 spiro atoms. The number of nitrogens with zero attached hydrogens (tertiary/aromatic N) is 3. The highest BCUT2D eigenvalue weighted by Gasteiger charge is 2.12. The second-order valence-corrected chi connectivity index (χ2v) is 4.93. The molecule has 1 aromatic rings. The van der Waals surface area contributed by atoms with Crippen LogP contribution in [0.1, 0.15) is 44.7 Å². The van der Waals surface area contributed by atoms with Gasteiger partial charge in [-0.2, -0.15) is 0 Å². The lowest BCUT2D eigenvalue weighted by atomic mass is 10.2. The summed E-state index contributed by atoms with van der Waals surface area (Å²) in [4.78, 5) is 11.4. The van der Waals surface area contributed by atoms with Gasteiger partial charge in [-0.25, -0.2) is 9.97 Å². The second kappa shape index (κ2) is 7.31. The van der Waals surface area contributed by atoms with Crippen LogP contribution in [0.4, 0.5) is 5.95 Å². The van der Waals surface area contributed by atoms with Crippen LogP contribution in [0, 0.1) is 0 Å². The van der Waals surface area contributed by atoms with Gasteiger partial charge in [0.1, 0.15) is 0 Å². The third-order valence-corrected chi connectivity index (χ3v) is 3.32. The van der Waals surface area contributed by atoms with E-state index < -0.39 is 0 Å². The third kappa shape index (κ3) is 3.95. The van der Waals surface area contributed by atoms with Crippen molar-refractivity contribution < 1.29 is 0 Å². The van der Waals surface area contributed by atoms with Crippen LogP contribution in [0.2, 0.25) is 0 Å². The monoisotopic (exact) mass is 248 g/mol. The molecule has 0 aliphatic carbocycles. The molecule has 1 aliphatic heterocycles. The topological polar surface area (TPSA) is 41.1 Å². The Morgan fingerprint density at radius 2 is 2.00 bits per heavy atom. The minimum atomic E-state index is 0.844. The maximum Gasteiger partial charge on any atom is 0.225 e. The van der Waals surface area contributed by atoms with Gasteiger partial charge in [0, 0.05) is 25.8 Å². The smallest absolute Gasteiger partial charge is 0.225 e. The molecule has 2 heterocycles. The molecular weight excluding hydrogens is 224 g/mol. The quantitative estimate of drug-likeness (QED) is 0.812. The predicted molar refractivity (Wildman–Crippen MR) is 74.7 cm³/mol. The first kappa shape index (κ1) is 13.3. The lowest BCUT2D eigenvalue weighted by Crippen LogP contribution is -2.26. The van der Waals surface area contributed by atoms with Crippen LogP contribution < -0.4 is 10.2 Å². The molecule has 1 aromatic heterocycles. The van der Waals surface area contributed by atoms with Crippen LogP contribution >= 0.6 is 0 Å². The molecule has 4 heteroatoms. The van der Waals surface area contributed by atoms with E-state index in [1.54, 1.807) is 0 Å². The number of rotatable bonds is 5. The fraction of sp³-hybridized carbons (Fsp3) is 0.714. The van der Waals surface area contributed by atoms with Crippen LogP contribution in [0.3, 0.4) is 0 Å². The van der Waals surface area contributed by atoms with E-state index in [1.807, 2.05) is 12.3 Å². The molecule has 1 aliphatic rings. The van der Waals surface area contributed by atoms with Crippen molar-refractivity contribution in [3.05, 3.63) is 18.0 Å². The number of aromatic nitrogens is 2. The van der Waals surface area contributed by atoms with E-state index in [-0.39, 0.29) is 0 Å². The summed E-state index contributed by atoms with van der Waals surface area (Å²) in [6, 6.07) is 2.00. The average molecular weight is 248 g/mol. The molecule has 2 rings (SSSR count). The van der Waals surface area contributed by atoms with Crippen molar-refractivity contribution in [1.82, 2.24) is 15.3 Å². The molecule has 0 aromatic carbocycles. The SMILES string of the molecule is CCCNCc1ccnc(N2CCCCCC2)n1. The van der Waals surface area contributed by atoms with Crippen LogP contribution in [-0.2, 0) is 6.54 Å². The Kier molecular flexibility index (Phi) is 5.39. The van der Waals surface area contributed by atoms with Crippen molar-refractivity contribution in [2.75, 3.05) is 24.5 Å². The van der Waals surface area contributed by atoms with E-state index >= 15 is 0 Å². The molecule has 0 amide bonds. The Bertz CT molecular complexity index is 345. The van der Waals surface area contributed by atoms with Crippen molar-refractivity contribution in [3.63, 3.8) is 0 Å². The maximum absolute atomic E-state index is 4.66. The van der Waals surface area contributed by atoms with Gasteiger partial charge in [-0.1, -0.05) is 19.8 Å². The fourth-order valence-electron chi connectivity index (χ4n) is 2.30. The number of nitrogens with one attached hydrogen (secondary N) is 1. The molecule has 4 nitrogen and oxygen atoms in total. The average Bonchev–Trinajstić information content (AvgIpc) is 2.68. The fourth-order valence-corrected chi connectivity index (χ4v) is 2.30. The first-order valence-corrected chi connectivity index (χ1v) is 7.17. The summed E-state index contributed by atoms with van der Waals surface area (Å²) in [5.41, 5.74) is 1.10. The molecule has 1 fully saturated rings. The molecule has 0 radical (unpaired) electrons. The lowest BCUT2D eigenvalue weighted by Gasteiger charge is -2.20. The molecule has 1 N–H and O–H groups in total. The molecular formula is C14H24N4. The summed E-state index contributed by atoms with van der Waals surface area (Å²) in [6.45, 7) is 6.27. The van der Waals surface area contributed by atoms with Gasteiger partial charge in [0.25, 0.3) is 0 Å². The zero-order chi connectivity index (χ0) is 12.6. The van der Waals surface area contributed by atoms with Gasteiger partial charge in [0.15, 0.2) is 0 Å². The summed E-state index contributed by atoms with van der Waals surface area (Å²) in [5, 5.41) is 3.39. The minimum Gasteiger partial charge on any atom is -0.341 e. The van der Waals surface area contributed by atoms with E-state index in [2.05, 4.69) is 27.1 Å². The summed E-state index contributed by atoms with van der Waals surface area (Å²) in [7, 11) is 0. The Morgan fingerprint density at radius 1 is 1.22 bits per heavy atom. The Hall–Kier alpha value is -1.16. The van der Waals surface area contributed by atoms with E-state index in [0.29, 0.717) is 0 Å². The summed E-state index contributed by atoms with van der Waals surface area (Å²) in [6.07, 6.45) is 8.26. The van der Waals surface area contributed by atoms with Gasteiger partial charge in [0.05, 0.1) is 5.69 Å². The number of hydrogen-bond donors (Lipinski definition) is 1. The molecule has 0 saturated carbocycles. The lowest BCUT2D eigenvalue weighted by molar-refractivity contribution is 0.659. The van der Waals surface area contributed by atoms with Gasteiger partial charge in [-0.15, -0.1) is 0 Å². The van der Waals surface area contributed by atoms with E-state index in [9.17, 15) is 0 Å². The van der Waals surface area contributed by atoms with Crippen molar-refractivity contribution in [2.24, 2.45) is 0 Å². The summed E-state index contributed by atoms with van der Waals surface area (Å²) >= 11 is 0. The number of anilines is 1. The Morgan fingerprint density at radius 3 is 2.72 bits per heavy atom. The molecule has 0 atom stereocenters. The van der Waals surface area contributed by atoms with Crippen molar-refractivity contribution in [3.8, 4) is 0 Å². The van der Waals surface area contributed by atoms with Gasteiger partial charge in [0.2, 0.25) is 5.95 Å². The second-order valence-electron chi connectivity index (χ2n) is 4.93. The molecule has 100 valence electrons. The van der Waals surface area contributed by atoms with Gasteiger partial charge < -0.3 is 10.2 Å². The Labute approximate surface area is 110 Å². The largest absolute Gasteiger partial charge is 0.341 e. The standard InChI is InChI=1S/C14H24N4/c1-2-8-15-12-13-7-9-16-14(17-13)18-10-5-3-4-6-11-18/h7,9,15H,2-6,8,10-12H2,1H3. The van der Waals surface area contributed by atoms with E-state index in [0.717, 1.165) is 44.2 Å². The van der Waals surface area contributed by atoms with E-state index in [1.165, 1.54) is 25.7 Å². The normalized spacial score (nSPS) is 16.6. The van der Waals surface area contributed by atoms with Crippen LogP contribution in [-0.4, -0.2) is 29.6 Å². The highest BCUT2D eigenvalue weighted by molar-refractivity contribution is 5.30. The van der Waals surface area contributed by atoms with Gasteiger partial charge >= 0.3 is 0 Å². The first-order valence-electron chi connectivity index (χ1n) is 7.17. The zero-order valence-electron chi connectivity index (χ0n) is 11.4. The molecule has 18 heavy (non-hydrogen) atoms. The highest BCUT2D eigenvalue weighted by Crippen LogP contribution is 2.15. The van der Waals surface area contributed by atoms with Gasteiger partial charge in [-0.05, 0) is 31.9 Å². The van der Waals surface area contributed by atoms with Gasteiger partial charge in [-0.3, -0.25) is 0 Å². The van der Waals surface area contributed by atoms with Crippen molar-refractivity contribution >= 4 is 5.95 Å². The van der Waals surface area contributed by atoms with Crippen LogP contribution in [0.15, 0.2) is 12.3 Å². The third-order valence-electron chi connectivity index (χ3n) is 3.32. The minimum absolute atomic E-state index is 0.844. The van der Waals surface area contributed by atoms with Crippen LogP contribution in [0.25, 0.3) is 0 Å². The highest BCUT2D eigenvalue weighted by atomic mass is 15.2. The number of hydrogen-bond acceptors (Lipinski definition) is 4. The molecule has 0 bridgehead atoms. The first-order chi connectivity index (χ1) is 8.90. The van der Waals surface area contributed by atoms with Crippen molar-refractivity contribution in [1.29, 1.82) is 0 Å². The predicted octanol–water partition coefficient (Wildman–Crippen LogP) is 2.36. The maximum atomic E-state index is 4.66. The Balaban J connectivity index is 1.96. The van der Waals surface area contributed by atoms with Crippen molar-refractivity contribution in [2.45, 2.75) is 45.6 Å². The zero-order valence-corrected chi connectivity index (χ0v) is 11.4. The van der Waals surface area contributed by atoms with E-state index in [4.69, 9.17) is 0 Å². The van der Waals surface area contributed by atoms with Crippen LogP contribution in [0.5, 0.6) is 0 Å². The molecule has 0 unspecified atom stereocenters. The summed E-state index contributed by atoms with van der Waals surface area (Å²) < 4.78 is 0. The molecule has 1 saturated heterocycles. The summed E-state index contributed by atoms with van der Waals surface area (Å²) in [5.74, 6) is 0.910.